The predicted molar refractivity (Wildman–Crippen MR) is 65.8 cm³/mol. The van der Waals surface area contributed by atoms with Gasteiger partial charge in [0.15, 0.2) is 0 Å². The third-order valence-corrected chi connectivity index (χ3v) is 3.69. The third kappa shape index (κ3) is 4.10. The molecule has 1 heterocycles. The van der Waals surface area contributed by atoms with E-state index in [1.165, 1.54) is 0 Å². The van der Waals surface area contributed by atoms with Gasteiger partial charge in [-0.3, -0.25) is 4.90 Å². The maximum absolute atomic E-state index is 12.8. The van der Waals surface area contributed by atoms with Crippen LogP contribution in [0.3, 0.4) is 0 Å². The smallest absolute Gasteiger partial charge is 0.393 e. The van der Waals surface area contributed by atoms with Gasteiger partial charge in [0.1, 0.15) is 5.92 Å². The molecule has 1 fully saturated rings. The molecule has 1 rings (SSSR count). The van der Waals surface area contributed by atoms with Gasteiger partial charge in [0, 0.05) is 19.1 Å². The summed E-state index contributed by atoms with van der Waals surface area (Å²) >= 11 is 4.53. The first-order chi connectivity index (χ1) is 7.71. The van der Waals surface area contributed by atoms with E-state index in [-0.39, 0.29) is 12.6 Å². The summed E-state index contributed by atoms with van der Waals surface area (Å²) in [5, 5.41) is 0. The molecule has 3 atom stereocenters. The van der Waals surface area contributed by atoms with Crippen molar-refractivity contribution in [2.24, 2.45) is 17.6 Å². The van der Waals surface area contributed by atoms with Gasteiger partial charge >= 0.3 is 6.18 Å². The van der Waals surface area contributed by atoms with E-state index < -0.39 is 17.1 Å². The molecule has 0 spiro atoms. The van der Waals surface area contributed by atoms with Crippen LogP contribution in [-0.2, 0) is 0 Å². The summed E-state index contributed by atoms with van der Waals surface area (Å²) in [6.07, 6.45) is -2.34. The number of thiocarbonyl (C=S) groups is 1. The van der Waals surface area contributed by atoms with E-state index in [4.69, 9.17) is 5.73 Å². The molecule has 100 valence electrons. The van der Waals surface area contributed by atoms with Crippen LogP contribution in [0.5, 0.6) is 0 Å². The highest BCUT2D eigenvalue weighted by Gasteiger charge is 2.43. The fourth-order valence-electron chi connectivity index (χ4n) is 2.22. The number of nitrogens with zero attached hydrogens (tertiary/aromatic N) is 1. The molecule has 2 nitrogen and oxygen atoms in total. The lowest BCUT2D eigenvalue weighted by Gasteiger charge is -2.38. The lowest BCUT2D eigenvalue weighted by atomic mass is 9.93. The van der Waals surface area contributed by atoms with Crippen molar-refractivity contribution in [3.63, 3.8) is 0 Å². The molecule has 0 radical (unpaired) electrons. The van der Waals surface area contributed by atoms with Gasteiger partial charge in [-0.15, -0.1) is 0 Å². The minimum absolute atomic E-state index is 0.107. The van der Waals surface area contributed by atoms with Gasteiger partial charge in [0.25, 0.3) is 0 Å². The Morgan fingerprint density at radius 3 is 2.47 bits per heavy atom. The highest BCUT2D eigenvalue weighted by Crippen LogP contribution is 2.30. The average Bonchev–Trinajstić information content (AvgIpc) is 2.17. The van der Waals surface area contributed by atoms with Gasteiger partial charge in [-0.1, -0.05) is 19.1 Å². The summed E-state index contributed by atoms with van der Waals surface area (Å²) in [6, 6.07) is 0.172. The molecule has 2 N–H and O–H groups in total. The van der Waals surface area contributed by atoms with Gasteiger partial charge in [-0.2, -0.15) is 13.2 Å². The zero-order valence-corrected chi connectivity index (χ0v) is 10.9. The van der Waals surface area contributed by atoms with Crippen LogP contribution in [0.2, 0.25) is 0 Å². The molecule has 0 aromatic carbocycles. The molecule has 3 unspecified atom stereocenters. The first kappa shape index (κ1) is 14.7. The van der Waals surface area contributed by atoms with E-state index in [0.29, 0.717) is 12.5 Å². The monoisotopic (exact) mass is 268 g/mol. The Morgan fingerprint density at radius 2 is 2.00 bits per heavy atom. The minimum atomic E-state index is -4.34. The summed E-state index contributed by atoms with van der Waals surface area (Å²) in [5.41, 5.74) is 5.20. The number of hydrogen-bond acceptors (Lipinski definition) is 2. The normalized spacial score (nSPS) is 29.0. The molecule has 1 aliphatic rings. The quantitative estimate of drug-likeness (QED) is 0.798. The Labute approximate surface area is 105 Å². The molecule has 6 heteroatoms. The first-order valence-corrected chi connectivity index (χ1v) is 6.22. The van der Waals surface area contributed by atoms with Gasteiger partial charge in [0.2, 0.25) is 0 Å². The molecular weight excluding hydrogens is 249 g/mol. The summed E-state index contributed by atoms with van der Waals surface area (Å²) < 4.78 is 38.3. The number of nitrogens with two attached hydrogens (primary N) is 1. The number of likely N-dealkylation sites (tertiary alicyclic amines) is 1. The van der Waals surface area contributed by atoms with Crippen molar-refractivity contribution >= 4 is 17.2 Å². The van der Waals surface area contributed by atoms with E-state index >= 15 is 0 Å². The van der Waals surface area contributed by atoms with Crippen LogP contribution in [0, 0.1) is 11.8 Å². The third-order valence-electron chi connectivity index (χ3n) is 3.40. The zero-order chi connectivity index (χ0) is 13.2. The standard InChI is InChI=1S/C11H19F3N2S/c1-7-3-4-8(2)16(5-7)6-9(10(15)17)11(12,13)14/h7-9H,3-6H2,1-2H3,(H2,15,17). The maximum Gasteiger partial charge on any atom is 0.399 e. The molecular formula is C11H19F3N2S. The second-order valence-corrected chi connectivity index (χ2v) is 5.45. The van der Waals surface area contributed by atoms with E-state index in [9.17, 15) is 13.2 Å². The van der Waals surface area contributed by atoms with Gasteiger partial charge in [0.05, 0.1) is 4.99 Å². The highest BCUT2D eigenvalue weighted by atomic mass is 32.1. The number of alkyl halides is 3. The Kier molecular flexibility index (Phi) is 4.77. The van der Waals surface area contributed by atoms with E-state index in [1.54, 1.807) is 0 Å². The van der Waals surface area contributed by atoms with Gasteiger partial charge in [-0.25, -0.2) is 0 Å². The fraction of sp³-hybridized carbons (Fsp3) is 0.909. The number of rotatable bonds is 3. The van der Waals surface area contributed by atoms with Crippen molar-refractivity contribution in [2.75, 3.05) is 13.1 Å². The summed E-state index contributed by atoms with van der Waals surface area (Å²) in [7, 11) is 0. The molecule has 0 aliphatic carbocycles. The summed E-state index contributed by atoms with van der Waals surface area (Å²) in [6.45, 7) is 4.60. The molecule has 1 saturated heterocycles. The molecule has 0 aromatic rings. The van der Waals surface area contributed by atoms with Crippen LogP contribution >= 0.6 is 12.2 Å². The molecule has 0 amide bonds. The minimum Gasteiger partial charge on any atom is -0.393 e. The molecule has 0 saturated carbocycles. The van der Waals surface area contributed by atoms with Crippen LogP contribution < -0.4 is 5.73 Å². The second kappa shape index (κ2) is 5.52. The highest BCUT2D eigenvalue weighted by molar-refractivity contribution is 7.80. The van der Waals surface area contributed by atoms with Crippen molar-refractivity contribution < 1.29 is 13.2 Å². The summed E-state index contributed by atoms with van der Waals surface area (Å²) in [4.78, 5) is 1.40. The van der Waals surface area contributed by atoms with Crippen LogP contribution in [0.4, 0.5) is 13.2 Å². The van der Waals surface area contributed by atoms with E-state index in [1.807, 2.05) is 11.8 Å². The predicted octanol–water partition coefficient (Wildman–Crippen LogP) is 2.57. The number of hydrogen-bond donors (Lipinski definition) is 1. The molecule has 17 heavy (non-hydrogen) atoms. The van der Waals surface area contributed by atoms with Gasteiger partial charge in [-0.05, 0) is 25.7 Å². The zero-order valence-electron chi connectivity index (χ0n) is 10.1. The lowest BCUT2D eigenvalue weighted by molar-refractivity contribution is -0.161. The Morgan fingerprint density at radius 1 is 1.41 bits per heavy atom. The van der Waals surface area contributed by atoms with Crippen LogP contribution in [0.1, 0.15) is 26.7 Å². The first-order valence-electron chi connectivity index (χ1n) is 5.82. The molecule has 0 aromatic heterocycles. The second-order valence-electron chi connectivity index (χ2n) is 4.98. The fourth-order valence-corrected chi connectivity index (χ4v) is 2.43. The number of piperidine rings is 1. The lowest BCUT2D eigenvalue weighted by Crippen LogP contribution is -2.49. The van der Waals surface area contributed by atoms with Gasteiger partial charge < -0.3 is 5.73 Å². The molecule has 0 bridgehead atoms. The van der Waals surface area contributed by atoms with Crippen LogP contribution in [-0.4, -0.2) is 35.2 Å². The Bertz CT molecular complexity index is 280. The summed E-state index contributed by atoms with van der Waals surface area (Å²) in [5.74, 6) is -1.25. The van der Waals surface area contributed by atoms with Crippen molar-refractivity contribution in [2.45, 2.75) is 38.9 Å². The topological polar surface area (TPSA) is 29.3 Å². The van der Waals surface area contributed by atoms with Crippen molar-refractivity contribution in [1.29, 1.82) is 0 Å². The van der Waals surface area contributed by atoms with E-state index in [2.05, 4.69) is 19.1 Å². The van der Waals surface area contributed by atoms with Crippen molar-refractivity contribution in [3.8, 4) is 0 Å². The Balaban J connectivity index is 2.69. The van der Waals surface area contributed by atoms with Crippen LogP contribution in [0.15, 0.2) is 0 Å². The molecule has 1 aliphatic heterocycles. The Hall–Kier alpha value is -0.360. The maximum atomic E-state index is 12.8. The van der Waals surface area contributed by atoms with Crippen molar-refractivity contribution in [3.05, 3.63) is 0 Å². The van der Waals surface area contributed by atoms with Crippen molar-refractivity contribution in [1.82, 2.24) is 4.90 Å². The van der Waals surface area contributed by atoms with Crippen LogP contribution in [0.25, 0.3) is 0 Å². The van der Waals surface area contributed by atoms with E-state index in [0.717, 1.165) is 12.8 Å². The number of halogens is 3. The SMILES string of the molecule is CC1CCC(C)N(CC(C(N)=S)C(F)(F)F)C1. The average molecular weight is 268 g/mol. The largest absolute Gasteiger partial charge is 0.399 e.